The molecule has 18 heavy (non-hydrogen) atoms. The highest BCUT2D eigenvalue weighted by atomic mass is 14.0. The van der Waals surface area contributed by atoms with Crippen LogP contribution < -0.4 is 0 Å². The molecule has 1 heteroatoms. The molecule has 0 aliphatic rings. The molecule has 0 fully saturated rings. The van der Waals surface area contributed by atoms with E-state index in [-0.39, 0.29) is 0 Å². The summed E-state index contributed by atoms with van der Waals surface area (Å²) in [6, 6.07) is 0. The van der Waals surface area contributed by atoms with E-state index in [0.29, 0.717) is 0 Å². The fourth-order valence-electron chi connectivity index (χ4n) is 2.83. The van der Waals surface area contributed by atoms with Gasteiger partial charge in [-0.2, -0.15) is 0 Å². The molecule has 0 N–H and O–H groups in total. The summed E-state index contributed by atoms with van der Waals surface area (Å²) >= 11 is 0. The zero-order valence-corrected chi connectivity index (χ0v) is 13.6. The molecule has 0 radical (unpaired) electrons. The first-order valence-corrected chi connectivity index (χ1v) is 8.72. The average molecular weight is 252 g/mol. The summed E-state index contributed by atoms with van der Waals surface area (Å²) in [5.74, 6) is 0.891. The van der Waals surface area contributed by atoms with E-state index >= 15 is 0 Å². The SMILES string of the molecule is CCCCCCCB(CCCCCCC)C(C)C. The normalized spacial score (nSPS) is 11.2. The van der Waals surface area contributed by atoms with Crippen LogP contribution in [-0.4, -0.2) is 6.71 Å². The molecule has 0 aromatic rings. The summed E-state index contributed by atoms with van der Waals surface area (Å²) in [6.07, 6.45) is 17.3. The van der Waals surface area contributed by atoms with E-state index in [0.717, 1.165) is 12.5 Å². The molecule has 0 bridgehead atoms. The minimum Gasteiger partial charge on any atom is -0.0739 e. The molecule has 0 nitrogen and oxygen atoms in total. The van der Waals surface area contributed by atoms with Gasteiger partial charge in [-0.05, 0) is 0 Å². The molecule has 0 heterocycles. The van der Waals surface area contributed by atoms with Gasteiger partial charge in [0, 0.05) is 0 Å². The van der Waals surface area contributed by atoms with Gasteiger partial charge in [0.1, 0.15) is 6.71 Å². The van der Waals surface area contributed by atoms with E-state index < -0.39 is 0 Å². The lowest BCUT2D eigenvalue weighted by atomic mass is 9.37. The molecule has 0 saturated heterocycles. The van der Waals surface area contributed by atoms with Crippen molar-refractivity contribution in [2.45, 2.75) is 110 Å². The molecule has 0 unspecified atom stereocenters. The number of hydrogen-bond donors (Lipinski definition) is 0. The second kappa shape index (κ2) is 13.5. The third-order valence-corrected chi connectivity index (χ3v) is 4.30. The molecule has 0 saturated carbocycles. The Labute approximate surface area is 117 Å². The number of unbranched alkanes of at least 4 members (excludes halogenated alkanes) is 8. The van der Waals surface area contributed by atoms with Crippen LogP contribution in [0.2, 0.25) is 18.5 Å². The van der Waals surface area contributed by atoms with Crippen LogP contribution in [0, 0.1) is 0 Å². The topological polar surface area (TPSA) is 0 Å². The molecule has 0 spiro atoms. The van der Waals surface area contributed by atoms with E-state index in [1.165, 1.54) is 76.8 Å². The highest BCUT2D eigenvalue weighted by Gasteiger charge is 2.16. The van der Waals surface area contributed by atoms with Crippen molar-refractivity contribution in [3.05, 3.63) is 0 Å². The summed E-state index contributed by atoms with van der Waals surface area (Å²) in [6.45, 7) is 10.4. The predicted molar refractivity (Wildman–Crippen MR) is 88.0 cm³/mol. The third kappa shape index (κ3) is 11.2. The lowest BCUT2D eigenvalue weighted by Gasteiger charge is -2.17. The van der Waals surface area contributed by atoms with Gasteiger partial charge in [-0.15, -0.1) is 0 Å². The Balaban J connectivity index is 3.53. The Morgan fingerprint density at radius 1 is 0.611 bits per heavy atom. The first-order chi connectivity index (χ1) is 8.72. The molecule has 0 atom stereocenters. The van der Waals surface area contributed by atoms with Gasteiger partial charge in [0.05, 0.1) is 0 Å². The zero-order chi connectivity index (χ0) is 13.6. The Bertz CT molecular complexity index is 140. The molecule has 0 aliphatic carbocycles. The number of hydrogen-bond acceptors (Lipinski definition) is 0. The van der Waals surface area contributed by atoms with Gasteiger partial charge in [0.25, 0.3) is 0 Å². The molecule has 0 aliphatic heterocycles. The highest BCUT2D eigenvalue weighted by molar-refractivity contribution is 6.60. The van der Waals surface area contributed by atoms with Crippen molar-refractivity contribution in [1.82, 2.24) is 0 Å². The van der Waals surface area contributed by atoms with Crippen molar-refractivity contribution in [3.8, 4) is 0 Å². The van der Waals surface area contributed by atoms with Gasteiger partial charge >= 0.3 is 0 Å². The van der Waals surface area contributed by atoms with Gasteiger partial charge in [-0.25, -0.2) is 0 Å². The van der Waals surface area contributed by atoms with Crippen LogP contribution in [0.4, 0.5) is 0 Å². The van der Waals surface area contributed by atoms with Crippen LogP contribution in [0.3, 0.4) is 0 Å². The average Bonchev–Trinajstić information content (AvgIpc) is 2.35. The zero-order valence-electron chi connectivity index (χ0n) is 13.6. The van der Waals surface area contributed by atoms with Gasteiger partial charge in [-0.3, -0.25) is 0 Å². The van der Waals surface area contributed by atoms with E-state index in [4.69, 9.17) is 0 Å². The fourth-order valence-corrected chi connectivity index (χ4v) is 2.83. The Hall–Kier alpha value is 0.0649. The van der Waals surface area contributed by atoms with Crippen LogP contribution in [-0.2, 0) is 0 Å². The second-order valence-corrected chi connectivity index (χ2v) is 6.41. The largest absolute Gasteiger partial charge is 0.142 e. The first-order valence-electron chi connectivity index (χ1n) is 8.72. The highest BCUT2D eigenvalue weighted by Crippen LogP contribution is 2.22. The van der Waals surface area contributed by atoms with Crippen LogP contribution >= 0.6 is 0 Å². The molecule has 0 amide bonds. The lowest BCUT2D eigenvalue weighted by molar-refractivity contribution is 0.642. The van der Waals surface area contributed by atoms with Crippen molar-refractivity contribution in [2.75, 3.05) is 0 Å². The molecule has 0 aromatic carbocycles. The van der Waals surface area contributed by atoms with Crippen LogP contribution in [0.15, 0.2) is 0 Å². The van der Waals surface area contributed by atoms with Gasteiger partial charge in [0.15, 0.2) is 0 Å². The minimum atomic E-state index is 0.891. The second-order valence-electron chi connectivity index (χ2n) is 6.41. The monoisotopic (exact) mass is 252 g/mol. The predicted octanol–water partition coefficient (Wildman–Crippen LogP) is 6.83. The van der Waals surface area contributed by atoms with Crippen molar-refractivity contribution < 1.29 is 0 Å². The van der Waals surface area contributed by atoms with Crippen molar-refractivity contribution in [3.63, 3.8) is 0 Å². The Kier molecular flexibility index (Phi) is 13.5. The summed E-state index contributed by atoms with van der Waals surface area (Å²) in [7, 11) is 0. The Morgan fingerprint density at radius 3 is 1.33 bits per heavy atom. The summed E-state index contributed by atoms with van der Waals surface area (Å²) < 4.78 is 0. The summed E-state index contributed by atoms with van der Waals surface area (Å²) in [4.78, 5) is 0. The quantitative estimate of drug-likeness (QED) is 0.249. The minimum absolute atomic E-state index is 0.891. The smallest absolute Gasteiger partial charge is 0.0739 e. The maximum atomic E-state index is 2.42. The molecular formula is C17H37B. The third-order valence-electron chi connectivity index (χ3n) is 4.30. The van der Waals surface area contributed by atoms with Gasteiger partial charge in [0.2, 0.25) is 0 Å². The number of rotatable bonds is 13. The molecule has 108 valence electrons. The van der Waals surface area contributed by atoms with E-state index in [1.54, 1.807) is 0 Å². The molecular weight excluding hydrogens is 215 g/mol. The summed E-state index contributed by atoms with van der Waals surface area (Å²) in [5.41, 5.74) is 0. The van der Waals surface area contributed by atoms with E-state index in [1.807, 2.05) is 0 Å². The fraction of sp³-hybridized carbons (Fsp3) is 1.00. The van der Waals surface area contributed by atoms with Crippen molar-refractivity contribution in [2.24, 2.45) is 0 Å². The maximum absolute atomic E-state index is 2.42. The Morgan fingerprint density at radius 2 is 1.00 bits per heavy atom. The van der Waals surface area contributed by atoms with Gasteiger partial charge in [-0.1, -0.05) is 110 Å². The van der Waals surface area contributed by atoms with Gasteiger partial charge < -0.3 is 0 Å². The van der Waals surface area contributed by atoms with Crippen LogP contribution in [0.25, 0.3) is 0 Å². The van der Waals surface area contributed by atoms with Crippen molar-refractivity contribution >= 4 is 6.71 Å². The standard InChI is InChI=1S/C17H37B/c1-5-7-9-11-13-15-18(17(3)4)16-14-12-10-8-6-2/h17H,5-16H2,1-4H3. The van der Waals surface area contributed by atoms with Crippen LogP contribution in [0.1, 0.15) is 91.9 Å². The van der Waals surface area contributed by atoms with E-state index in [2.05, 4.69) is 27.7 Å². The maximum Gasteiger partial charge on any atom is 0.142 e. The summed E-state index contributed by atoms with van der Waals surface area (Å²) in [5, 5.41) is 0. The van der Waals surface area contributed by atoms with Crippen molar-refractivity contribution in [1.29, 1.82) is 0 Å². The van der Waals surface area contributed by atoms with Crippen LogP contribution in [0.5, 0.6) is 0 Å². The molecule has 0 aromatic heterocycles. The lowest BCUT2D eigenvalue weighted by Crippen LogP contribution is -2.16. The first kappa shape index (κ1) is 18.1. The van der Waals surface area contributed by atoms with E-state index in [9.17, 15) is 0 Å². The molecule has 0 rings (SSSR count).